The maximum Gasteiger partial charge on any atom is 0.157 e. The number of anilines is 1. The van der Waals surface area contributed by atoms with Gasteiger partial charge in [-0.25, -0.2) is 4.98 Å². The van der Waals surface area contributed by atoms with Crippen LogP contribution >= 0.6 is 0 Å². The number of aromatic nitrogens is 2. The first-order valence-corrected chi connectivity index (χ1v) is 13.2. The highest BCUT2D eigenvalue weighted by molar-refractivity contribution is 5.86. The monoisotopic (exact) mass is 467 g/mol. The van der Waals surface area contributed by atoms with Crippen molar-refractivity contribution in [1.82, 2.24) is 19.2 Å². The molecular weight excluding hydrogens is 434 g/mol. The predicted octanol–water partition coefficient (Wildman–Crippen LogP) is 3.94. The van der Waals surface area contributed by atoms with Crippen molar-refractivity contribution in [2.24, 2.45) is 5.92 Å². The molecule has 3 aliphatic rings. The van der Waals surface area contributed by atoms with E-state index in [-0.39, 0.29) is 5.92 Å². The molecule has 7 heteroatoms. The molecule has 35 heavy (non-hydrogen) atoms. The zero-order valence-electron chi connectivity index (χ0n) is 20.4. The molecule has 2 saturated heterocycles. The first-order valence-electron chi connectivity index (χ1n) is 13.2. The van der Waals surface area contributed by atoms with E-state index in [1.807, 2.05) is 12.1 Å². The summed E-state index contributed by atoms with van der Waals surface area (Å²) < 4.78 is 2.24. The summed E-state index contributed by atoms with van der Waals surface area (Å²) in [6.45, 7) is 8.24. The molecule has 3 aliphatic heterocycles. The van der Waals surface area contributed by atoms with Gasteiger partial charge >= 0.3 is 0 Å². The number of hydrogen-bond donors (Lipinski definition) is 0. The van der Waals surface area contributed by atoms with Crippen molar-refractivity contribution in [3.05, 3.63) is 41.0 Å². The average molecular weight is 468 g/mol. The highest BCUT2D eigenvalue weighted by atomic mass is 15.3. The van der Waals surface area contributed by atoms with Gasteiger partial charge in [0.1, 0.15) is 11.9 Å². The lowest BCUT2D eigenvalue weighted by Gasteiger charge is -2.38. The zero-order valence-corrected chi connectivity index (χ0v) is 20.4. The van der Waals surface area contributed by atoms with Gasteiger partial charge in [0.25, 0.3) is 0 Å². The number of piperidine rings is 2. The Morgan fingerprint density at radius 2 is 1.66 bits per heavy atom. The van der Waals surface area contributed by atoms with Gasteiger partial charge in [-0.3, -0.25) is 9.30 Å². The Kier molecular flexibility index (Phi) is 6.06. The topological polar surface area (TPSA) is 74.6 Å². The third-order valence-electron chi connectivity index (χ3n) is 8.26. The van der Waals surface area contributed by atoms with Crippen molar-refractivity contribution in [3.63, 3.8) is 0 Å². The van der Waals surface area contributed by atoms with Crippen molar-refractivity contribution in [1.29, 1.82) is 10.5 Å². The van der Waals surface area contributed by atoms with E-state index in [1.54, 1.807) is 0 Å². The molecule has 0 saturated carbocycles. The SMILES string of the molecule is N#Cc1c2c(c(N3CCC(C#N)CC3)n3c1nc1ccccc13)CN(CCN1CCCCC1)CC2. The fourth-order valence-electron chi connectivity index (χ4n) is 6.31. The van der Waals surface area contributed by atoms with Crippen molar-refractivity contribution >= 4 is 22.5 Å². The maximum absolute atomic E-state index is 10.3. The Morgan fingerprint density at radius 1 is 0.886 bits per heavy atom. The van der Waals surface area contributed by atoms with Gasteiger partial charge in [-0.2, -0.15) is 10.5 Å². The summed E-state index contributed by atoms with van der Waals surface area (Å²) in [6.07, 6.45) is 6.67. The smallest absolute Gasteiger partial charge is 0.157 e. The molecule has 0 N–H and O–H groups in total. The molecule has 6 rings (SSSR count). The maximum atomic E-state index is 10.3. The van der Waals surface area contributed by atoms with Crippen LogP contribution in [-0.2, 0) is 13.0 Å². The van der Waals surface area contributed by atoms with E-state index < -0.39 is 0 Å². The number of nitriles is 2. The number of imidazole rings is 1. The van der Waals surface area contributed by atoms with Gasteiger partial charge in [0.15, 0.2) is 5.65 Å². The Hall–Kier alpha value is -3.13. The van der Waals surface area contributed by atoms with Crippen LogP contribution in [0, 0.1) is 28.6 Å². The molecule has 0 unspecified atom stereocenters. The van der Waals surface area contributed by atoms with E-state index in [9.17, 15) is 10.5 Å². The number of rotatable bonds is 4. The zero-order chi connectivity index (χ0) is 23.8. The molecule has 0 atom stereocenters. The molecule has 1 aromatic carbocycles. The average Bonchev–Trinajstić information content (AvgIpc) is 3.30. The van der Waals surface area contributed by atoms with Crippen LogP contribution < -0.4 is 4.90 Å². The normalized spacial score (nSPS) is 20.1. The fraction of sp³-hybridized carbons (Fsp3) is 0.536. The van der Waals surface area contributed by atoms with Crippen LogP contribution in [0.15, 0.2) is 24.3 Å². The summed E-state index contributed by atoms with van der Waals surface area (Å²) in [5.74, 6) is 1.33. The number of likely N-dealkylation sites (tertiary alicyclic amines) is 1. The number of para-hydroxylation sites is 2. The van der Waals surface area contributed by atoms with Crippen LogP contribution in [0.2, 0.25) is 0 Å². The summed E-state index contributed by atoms with van der Waals surface area (Å²) in [4.78, 5) is 12.6. The van der Waals surface area contributed by atoms with E-state index in [0.29, 0.717) is 0 Å². The van der Waals surface area contributed by atoms with Crippen LogP contribution in [0.5, 0.6) is 0 Å². The van der Waals surface area contributed by atoms with E-state index >= 15 is 0 Å². The summed E-state index contributed by atoms with van der Waals surface area (Å²) in [7, 11) is 0. The van der Waals surface area contributed by atoms with Crippen LogP contribution in [0.4, 0.5) is 5.82 Å². The molecule has 7 nitrogen and oxygen atoms in total. The van der Waals surface area contributed by atoms with E-state index in [0.717, 1.165) is 80.8 Å². The third kappa shape index (κ3) is 4.03. The molecule has 180 valence electrons. The second-order valence-corrected chi connectivity index (χ2v) is 10.3. The number of benzene rings is 1. The van der Waals surface area contributed by atoms with Gasteiger partial charge in [-0.1, -0.05) is 18.6 Å². The minimum absolute atomic E-state index is 0.136. The molecule has 3 aromatic rings. The minimum Gasteiger partial charge on any atom is -0.357 e. The Bertz CT molecular complexity index is 1310. The standard InChI is InChI=1S/C28H33N7/c29-18-21-8-14-34(15-9-21)28-24-20-33(17-16-32-11-4-1-5-12-32)13-10-22(24)23(19-30)27-31-25-6-2-3-7-26(25)35(27)28/h2-3,6-7,21H,1,4-5,8-17,20H2. The molecule has 0 spiro atoms. The minimum atomic E-state index is 0.136. The lowest BCUT2D eigenvalue weighted by molar-refractivity contribution is 0.173. The van der Waals surface area contributed by atoms with Gasteiger partial charge < -0.3 is 9.80 Å². The summed E-state index contributed by atoms with van der Waals surface area (Å²) >= 11 is 0. The number of nitrogens with zero attached hydrogens (tertiary/aromatic N) is 7. The lowest BCUT2D eigenvalue weighted by Crippen LogP contribution is -2.41. The molecule has 0 radical (unpaired) electrons. The van der Waals surface area contributed by atoms with Gasteiger partial charge in [-0.05, 0) is 62.9 Å². The molecule has 5 heterocycles. The van der Waals surface area contributed by atoms with Crippen molar-refractivity contribution in [2.45, 2.75) is 45.1 Å². The first-order chi connectivity index (χ1) is 17.3. The van der Waals surface area contributed by atoms with Gasteiger partial charge in [0.2, 0.25) is 0 Å². The summed E-state index contributed by atoms with van der Waals surface area (Å²) in [6, 6.07) is 13.2. The number of fused-ring (bicyclic) bond motifs is 4. The van der Waals surface area contributed by atoms with Crippen molar-refractivity contribution < 1.29 is 0 Å². The molecule has 2 aromatic heterocycles. The van der Waals surface area contributed by atoms with Gasteiger partial charge in [0.05, 0.1) is 22.7 Å². The predicted molar refractivity (Wildman–Crippen MR) is 137 cm³/mol. The molecule has 0 aliphatic carbocycles. The lowest BCUT2D eigenvalue weighted by atomic mass is 9.93. The molecule has 0 bridgehead atoms. The quantitative estimate of drug-likeness (QED) is 0.579. The number of pyridine rings is 1. The highest BCUT2D eigenvalue weighted by Crippen LogP contribution is 2.38. The second kappa shape index (κ2) is 9.49. The fourth-order valence-corrected chi connectivity index (χ4v) is 6.31. The Morgan fingerprint density at radius 3 is 2.43 bits per heavy atom. The Balaban J connectivity index is 1.43. The van der Waals surface area contributed by atoms with E-state index in [2.05, 4.69) is 43.4 Å². The second-order valence-electron chi connectivity index (χ2n) is 10.3. The summed E-state index contributed by atoms with van der Waals surface area (Å²) in [5.41, 5.74) is 5.99. The van der Waals surface area contributed by atoms with Crippen molar-refractivity contribution in [2.75, 3.05) is 50.7 Å². The highest BCUT2D eigenvalue weighted by Gasteiger charge is 2.31. The molecule has 0 amide bonds. The van der Waals surface area contributed by atoms with E-state index in [1.165, 1.54) is 49.3 Å². The summed E-state index contributed by atoms with van der Waals surface area (Å²) in [5, 5.41) is 19.7. The van der Waals surface area contributed by atoms with Crippen LogP contribution in [-0.4, -0.2) is 65.0 Å². The van der Waals surface area contributed by atoms with Crippen LogP contribution in [0.1, 0.15) is 48.8 Å². The Labute approximate surface area is 207 Å². The number of hydrogen-bond acceptors (Lipinski definition) is 6. The van der Waals surface area contributed by atoms with Gasteiger partial charge in [0, 0.05) is 50.7 Å². The van der Waals surface area contributed by atoms with Crippen LogP contribution in [0.25, 0.3) is 16.7 Å². The third-order valence-corrected chi connectivity index (χ3v) is 8.26. The van der Waals surface area contributed by atoms with E-state index in [4.69, 9.17) is 4.98 Å². The van der Waals surface area contributed by atoms with Crippen LogP contribution in [0.3, 0.4) is 0 Å². The first kappa shape index (κ1) is 22.3. The van der Waals surface area contributed by atoms with Crippen molar-refractivity contribution in [3.8, 4) is 12.1 Å². The largest absolute Gasteiger partial charge is 0.357 e. The molecule has 2 fully saturated rings. The van der Waals surface area contributed by atoms with Gasteiger partial charge in [-0.15, -0.1) is 0 Å². The molecular formula is C28H33N7.